The zero-order chi connectivity index (χ0) is 13.2. The van der Waals surface area contributed by atoms with Crippen molar-refractivity contribution in [2.45, 2.75) is 6.92 Å². The molecule has 0 radical (unpaired) electrons. The van der Waals surface area contributed by atoms with Crippen molar-refractivity contribution in [2.24, 2.45) is 0 Å². The van der Waals surface area contributed by atoms with E-state index in [9.17, 15) is 4.79 Å². The first kappa shape index (κ1) is 11.6. The summed E-state index contributed by atoms with van der Waals surface area (Å²) in [5, 5.41) is 6.33. The van der Waals surface area contributed by atoms with Gasteiger partial charge in [0.1, 0.15) is 24.5 Å². The molecule has 0 spiro atoms. The summed E-state index contributed by atoms with van der Waals surface area (Å²) in [7, 11) is 0. The number of amides is 1. The second-order valence-electron chi connectivity index (χ2n) is 4.11. The number of fused-ring (bicyclic) bond motifs is 1. The van der Waals surface area contributed by atoms with Crippen molar-refractivity contribution in [2.75, 3.05) is 18.5 Å². The number of rotatable bonds is 2. The summed E-state index contributed by atoms with van der Waals surface area (Å²) in [6.45, 7) is 2.74. The van der Waals surface area contributed by atoms with Gasteiger partial charge in [0.25, 0.3) is 5.91 Å². The molecule has 0 fully saturated rings. The number of nitrogens with one attached hydrogen (secondary N) is 1. The monoisotopic (exact) mass is 260 g/mol. The van der Waals surface area contributed by atoms with Crippen LogP contribution in [0.1, 0.15) is 16.1 Å². The van der Waals surface area contributed by atoms with Gasteiger partial charge in [-0.3, -0.25) is 4.79 Å². The lowest BCUT2D eigenvalue weighted by Gasteiger charge is -2.18. The molecule has 0 saturated heterocycles. The smallest absolute Gasteiger partial charge is 0.260 e. The largest absolute Gasteiger partial charge is 0.486 e. The highest BCUT2D eigenvalue weighted by Gasteiger charge is 2.15. The molecule has 1 amide bonds. The van der Waals surface area contributed by atoms with Gasteiger partial charge in [0.15, 0.2) is 11.5 Å². The predicted octanol–water partition coefficient (Wildman–Crippen LogP) is 2.01. The highest BCUT2D eigenvalue weighted by Crippen LogP contribution is 2.32. The Labute approximate surface area is 109 Å². The van der Waals surface area contributed by atoms with E-state index in [0.717, 1.165) is 0 Å². The van der Waals surface area contributed by atoms with Gasteiger partial charge >= 0.3 is 0 Å². The summed E-state index contributed by atoms with van der Waals surface area (Å²) in [5.74, 6) is 1.53. The summed E-state index contributed by atoms with van der Waals surface area (Å²) >= 11 is 0. The van der Waals surface area contributed by atoms with Gasteiger partial charge in [0.2, 0.25) is 0 Å². The first-order chi connectivity index (χ1) is 9.24. The van der Waals surface area contributed by atoms with Crippen LogP contribution in [0, 0.1) is 6.92 Å². The first-order valence-electron chi connectivity index (χ1n) is 5.86. The van der Waals surface area contributed by atoms with Crippen molar-refractivity contribution in [1.82, 2.24) is 5.16 Å². The Kier molecular flexibility index (Phi) is 2.83. The van der Waals surface area contributed by atoms with Crippen molar-refractivity contribution in [1.29, 1.82) is 0 Å². The maximum Gasteiger partial charge on any atom is 0.260 e. The molecule has 1 aliphatic rings. The number of hydrogen-bond donors (Lipinski definition) is 1. The van der Waals surface area contributed by atoms with Crippen LogP contribution in [0.15, 0.2) is 28.9 Å². The van der Waals surface area contributed by atoms with Gasteiger partial charge in [-0.05, 0) is 19.1 Å². The molecule has 0 bridgehead atoms. The number of carbonyl (C=O) groups is 1. The van der Waals surface area contributed by atoms with Crippen molar-refractivity contribution in [3.05, 3.63) is 35.7 Å². The summed E-state index contributed by atoms with van der Waals surface area (Å²) in [6, 6.07) is 5.26. The lowest BCUT2D eigenvalue weighted by Crippen LogP contribution is -2.16. The molecule has 0 atom stereocenters. The van der Waals surface area contributed by atoms with E-state index in [1.165, 1.54) is 6.20 Å². The molecule has 2 aromatic rings. The number of benzene rings is 1. The van der Waals surface area contributed by atoms with Crippen molar-refractivity contribution in [3.8, 4) is 11.5 Å². The SMILES string of the molecule is Cc1oncc1C(=O)Nc1ccc2c(c1)OCCO2. The lowest BCUT2D eigenvalue weighted by molar-refractivity contribution is 0.102. The Balaban J connectivity index is 1.80. The molecule has 6 heteroatoms. The predicted molar refractivity (Wildman–Crippen MR) is 66.6 cm³/mol. The molecule has 19 heavy (non-hydrogen) atoms. The number of carbonyl (C=O) groups excluding carboxylic acids is 1. The van der Waals surface area contributed by atoms with E-state index in [0.29, 0.717) is 41.7 Å². The van der Waals surface area contributed by atoms with E-state index in [2.05, 4.69) is 10.5 Å². The molecule has 0 saturated carbocycles. The van der Waals surface area contributed by atoms with Crippen LogP contribution < -0.4 is 14.8 Å². The van der Waals surface area contributed by atoms with Gasteiger partial charge in [-0.1, -0.05) is 5.16 Å². The van der Waals surface area contributed by atoms with Gasteiger partial charge in [-0.15, -0.1) is 0 Å². The Morgan fingerprint density at radius 3 is 2.79 bits per heavy atom. The number of ether oxygens (including phenoxy) is 2. The minimum atomic E-state index is -0.268. The molecule has 6 nitrogen and oxygen atoms in total. The van der Waals surface area contributed by atoms with Crippen molar-refractivity contribution < 1.29 is 18.8 Å². The van der Waals surface area contributed by atoms with Crippen LogP contribution in [0.3, 0.4) is 0 Å². The zero-order valence-electron chi connectivity index (χ0n) is 10.3. The van der Waals surface area contributed by atoms with Gasteiger partial charge in [0, 0.05) is 11.8 Å². The molecule has 2 heterocycles. The Morgan fingerprint density at radius 1 is 1.26 bits per heavy atom. The minimum absolute atomic E-state index is 0.268. The van der Waals surface area contributed by atoms with Gasteiger partial charge in [0.05, 0.1) is 6.20 Å². The average Bonchev–Trinajstić information content (AvgIpc) is 2.85. The first-order valence-corrected chi connectivity index (χ1v) is 5.86. The molecule has 3 rings (SSSR count). The molecule has 0 unspecified atom stereocenters. The number of anilines is 1. The minimum Gasteiger partial charge on any atom is -0.486 e. The highest BCUT2D eigenvalue weighted by atomic mass is 16.6. The van der Waals surface area contributed by atoms with Gasteiger partial charge in [-0.2, -0.15) is 0 Å². The third-order valence-corrected chi connectivity index (χ3v) is 2.80. The highest BCUT2D eigenvalue weighted by molar-refractivity contribution is 6.04. The number of nitrogens with zero attached hydrogens (tertiary/aromatic N) is 1. The van der Waals surface area contributed by atoms with E-state index < -0.39 is 0 Å². The summed E-state index contributed by atoms with van der Waals surface area (Å²) < 4.78 is 15.7. The third kappa shape index (κ3) is 2.24. The van der Waals surface area contributed by atoms with Gasteiger partial charge in [-0.25, -0.2) is 0 Å². The van der Waals surface area contributed by atoms with E-state index in [1.54, 1.807) is 25.1 Å². The Morgan fingerprint density at radius 2 is 2.05 bits per heavy atom. The topological polar surface area (TPSA) is 73.6 Å². The van der Waals surface area contributed by atoms with Crippen LogP contribution >= 0.6 is 0 Å². The molecule has 1 aliphatic heterocycles. The maximum absolute atomic E-state index is 12.0. The van der Waals surface area contributed by atoms with Crippen molar-refractivity contribution >= 4 is 11.6 Å². The summed E-state index contributed by atoms with van der Waals surface area (Å²) in [5.41, 5.74) is 1.05. The normalized spacial score (nSPS) is 13.1. The lowest BCUT2D eigenvalue weighted by atomic mass is 10.2. The van der Waals surface area contributed by atoms with Crippen LogP contribution in [-0.2, 0) is 0 Å². The Hall–Kier alpha value is -2.50. The van der Waals surface area contributed by atoms with E-state index in [-0.39, 0.29) is 5.91 Å². The quantitative estimate of drug-likeness (QED) is 0.894. The van der Waals surface area contributed by atoms with Crippen LogP contribution in [0.25, 0.3) is 0 Å². The molecule has 1 N–H and O–H groups in total. The average molecular weight is 260 g/mol. The number of aromatic nitrogens is 1. The summed E-state index contributed by atoms with van der Waals surface area (Å²) in [4.78, 5) is 12.0. The van der Waals surface area contributed by atoms with Crippen LogP contribution in [0.5, 0.6) is 11.5 Å². The molecule has 0 aliphatic carbocycles. The molecular weight excluding hydrogens is 248 g/mol. The summed E-state index contributed by atoms with van der Waals surface area (Å²) in [6.07, 6.45) is 1.39. The molecular formula is C13H12N2O4. The fourth-order valence-electron chi connectivity index (χ4n) is 1.84. The molecule has 98 valence electrons. The van der Waals surface area contributed by atoms with Crippen LogP contribution in [0.2, 0.25) is 0 Å². The maximum atomic E-state index is 12.0. The second-order valence-corrected chi connectivity index (χ2v) is 4.11. The number of aryl methyl sites for hydroxylation is 1. The molecule has 1 aromatic heterocycles. The third-order valence-electron chi connectivity index (χ3n) is 2.80. The van der Waals surface area contributed by atoms with Crippen LogP contribution in [0.4, 0.5) is 5.69 Å². The fourth-order valence-corrected chi connectivity index (χ4v) is 1.84. The molecule has 1 aromatic carbocycles. The Bertz CT molecular complexity index is 621. The zero-order valence-corrected chi connectivity index (χ0v) is 10.3. The standard InChI is InChI=1S/C13H12N2O4/c1-8-10(7-14-19-8)13(16)15-9-2-3-11-12(6-9)18-5-4-17-11/h2-3,6-7H,4-5H2,1H3,(H,15,16). The number of hydrogen-bond acceptors (Lipinski definition) is 5. The second kappa shape index (κ2) is 4.64. The van der Waals surface area contributed by atoms with E-state index >= 15 is 0 Å². The van der Waals surface area contributed by atoms with Gasteiger partial charge < -0.3 is 19.3 Å². The van der Waals surface area contributed by atoms with Crippen LogP contribution in [-0.4, -0.2) is 24.3 Å². The van der Waals surface area contributed by atoms with E-state index in [4.69, 9.17) is 14.0 Å². The fraction of sp³-hybridized carbons (Fsp3) is 0.231. The van der Waals surface area contributed by atoms with Crippen molar-refractivity contribution in [3.63, 3.8) is 0 Å². The van der Waals surface area contributed by atoms with E-state index in [1.807, 2.05) is 0 Å².